The van der Waals surface area contributed by atoms with Crippen molar-refractivity contribution in [2.45, 2.75) is 0 Å². The molecule has 0 N–H and O–H groups in total. The van der Waals surface area contributed by atoms with Gasteiger partial charge in [0.15, 0.2) is 0 Å². The fourth-order valence-electron chi connectivity index (χ4n) is 2.95. The Labute approximate surface area is 141 Å². The molecule has 1 heterocycles. The van der Waals surface area contributed by atoms with Crippen LogP contribution in [-0.2, 0) is 0 Å². The minimum absolute atomic E-state index is 0.862. The van der Waals surface area contributed by atoms with Crippen LogP contribution in [0.4, 0.5) is 0 Å². The zero-order valence-electron chi connectivity index (χ0n) is 13.4. The van der Waals surface area contributed by atoms with Crippen LogP contribution in [0.25, 0.3) is 33.8 Å². The number of aromatic nitrogens is 1. The van der Waals surface area contributed by atoms with E-state index in [1.807, 2.05) is 30.3 Å². The summed E-state index contributed by atoms with van der Waals surface area (Å²) < 4.78 is 5.20. The lowest BCUT2D eigenvalue weighted by Gasteiger charge is -2.07. The van der Waals surface area contributed by atoms with Gasteiger partial charge in [0.05, 0.1) is 18.3 Å². The van der Waals surface area contributed by atoms with Crippen LogP contribution in [0.15, 0.2) is 72.8 Å². The molecule has 0 atom stereocenters. The number of ether oxygens (including phenoxy) is 1. The number of hydrogen-bond donors (Lipinski definition) is 0. The molecule has 2 nitrogen and oxygen atoms in total. The highest BCUT2D eigenvalue weighted by atomic mass is 16.5. The second-order valence-corrected chi connectivity index (χ2v) is 5.67. The van der Waals surface area contributed by atoms with E-state index in [2.05, 4.69) is 54.6 Å². The van der Waals surface area contributed by atoms with Crippen LogP contribution in [-0.4, -0.2) is 12.1 Å². The quantitative estimate of drug-likeness (QED) is 0.462. The van der Waals surface area contributed by atoms with Crippen molar-refractivity contribution in [3.8, 4) is 5.75 Å². The molecular formula is C22H17NO. The smallest absolute Gasteiger partial charge is 0.118 e. The summed E-state index contributed by atoms with van der Waals surface area (Å²) in [6, 6.07) is 24.7. The SMILES string of the molecule is COc1ccc(C=Cc2nc3ccccc3c3ccccc23)cc1. The zero-order chi connectivity index (χ0) is 16.4. The topological polar surface area (TPSA) is 22.1 Å². The molecular weight excluding hydrogens is 294 g/mol. The van der Waals surface area contributed by atoms with Gasteiger partial charge in [0.25, 0.3) is 0 Å². The fourth-order valence-corrected chi connectivity index (χ4v) is 2.95. The molecule has 0 aliphatic heterocycles. The van der Waals surface area contributed by atoms with Gasteiger partial charge in [-0.2, -0.15) is 0 Å². The average molecular weight is 311 g/mol. The largest absolute Gasteiger partial charge is 0.497 e. The van der Waals surface area contributed by atoms with E-state index < -0.39 is 0 Å². The Morgan fingerprint density at radius 2 is 1.38 bits per heavy atom. The first-order chi connectivity index (χ1) is 11.8. The normalized spacial score (nSPS) is 11.4. The van der Waals surface area contributed by atoms with Gasteiger partial charge in [-0.25, -0.2) is 4.98 Å². The molecule has 4 rings (SSSR count). The first kappa shape index (κ1) is 14.5. The molecule has 1 aromatic heterocycles. The fraction of sp³-hybridized carbons (Fsp3) is 0.0455. The molecule has 0 amide bonds. The van der Waals surface area contributed by atoms with Gasteiger partial charge in [-0.1, -0.05) is 60.7 Å². The molecule has 0 aliphatic rings. The molecule has 0 saturated heterocycles. The van der Waals surface area contributed by atoms with Crippen LogP contribution in [0, 0.1) is 0 Å². The first-order valence-electron chi connectivity index (χ1n) is 7.95. The summed E-state index contributed by atoms with van der Waals surface area (Å²) in [5, 5.41) is 3.59. The lowest BCUT2D eigenvalue weighted by molar-refractivity contribution is 0.415. The number of fused-ring (bicyclic) bond motifs is 3. The molecule has 24 heavy (non-hydrogen) atoms. The Kier molecular flexibility index (Phi) is 3.72. The Hall–Kier alpha value is -3.13. The van der Waals surface area contributed by atoms with Crippen molar-refractivity contribution in [1.29, 1.82) is 0 Å². The number of benzene rings is 3. The van der Waals surface area contributed by atoms with Crippen molar-refractivity contribution < 1.29 is 4.74 Å². The van der Waals surface area contributed by atoms with Gasteiger partial charge < -0.3 is 4.74 Å². The summed E-state index contributed by atoms with van der Waals surface area (Å²) >= 11 is 0. The number of nitrogens with zero attached hydrogens (tertiary/aromatic N) is 1. The molecule has 3 aromatic carbocycles. The number of para-hydroxylation sites is 1. The van der Waals surface area contributed by atoms with Crippen LogP contribution in [0.5, 0.6) is 5.75 Å². The van der Waals surface area contributed by atoms with Crippen LogP contribution < -0.4 is 4.74 Å². The molecule has 0 radical (unpaired) electrons. The number of rotatable bonds is 3. The zero-order valence-corrected chi connectivity index (χ0v) is 13.4. The van der Waals surface area contributed by atoms with Gasteiger partial charge in [-0.15, -0.1) is 0 Å². The predicted octanol–water partition coefficient (Wildman–Crippen LogP) is 5.57. The monoisotopic (exact) mass is 311 g/mol. The van der Waals surface area contributed by atoms with Gasteiger partial charge in [-0.05, 0) is 35.2 Å². The summed E-state index contributed by atoms with van der Waals surface area (Å²) in [6.45, 7) is 0. The van der Waals surface area contributed by atoms with Crippen LogP contribution in [0.1, 0.15) is 11.3 Å². The van der Waals surface area contributed by atoms with Crippen LogP contribution >= 0.6 is 0 Å². The standard InChI is InChI=1S/C22H17NO/c1-24-17-13-10-16(11-14-17)12-15-22-20-7-3-2-6-18(20)19-8-4-5-9-21(19)23-22/h2-15H,1H3. The van der Waals surface area contributed by atoms with Crippen LogP contribution in [0.2, 0.25) is 0 Å². The van der Waals surface area contributed by atoms with E-state index in [0.29, 0.717) is 0 Å². The molecule has 0 fully saturated rings. The molecule has 0 bridgehead atoms. The second kappa shape index (κ2) is 6.17. The lowest BCUT2D eigenvalue weighted by atomic mass is 10.0. The highest BCUT2D eigenvalue weighted by Crippen LogP contribution is 2.27. The Morgan fingerprint density at radius 3 is 2.12 bits per heavy atom. The third-order valence-corrected chi connectivity index (χ3v) is 4.19. The Balaban J connectivity index is 1.83. The average Bonchev–Trinajstić information content (AvgIpc) is 2.66. The van der Waals surface area contributed by atoms with Crippen molar-refractivity contribution in [3.05, 3.63) is 84.1 Å². The summed E-state index contributed by atoms with van der Waals surface area (Å²) in [5.74, 6) is 0.862. The summed E-state index contributed by atoms with van der Waals surface area (Å²) in [7, 11) is 1.68. The molecule has 0 unspecified atom stereocenters. The van der Waals surface area contributed by atoms with Gasteiger partial charge in [0.1, 0.15) is 5.75 Å². The van der Waals surface area contributed by atoms with E-state index in [0.717, 1.165) is 22.5 Å². The molecule has 0 aliphatic carbocycles. The molecule has 0 spiro atoms. The van der Waals surface area contributed by atoms with Crippen molar-refractivity contribution >= 4 is 33.8 Å². The minimum Gasteiger partial charge on any atom is -0.497 e. The van der Waals surface area contributed by atoms with Gasteiger partial charge in [0, 0.05) is 10.8 Å². The van der Waals surface area contributed by atoms with E-state index >= 15 is 0 Å². The summed E-state index contributed by atoms with van der Waals surface area (Å²) in [5.41, 5.74) is 3.13. The van der Waals surface area contributed by atoms with Crippen molar-refractivity contribution in [1.82, 2.24) is 4.98 Å². The first-order valence-corrected chi connectivity index (χ1v) is 7.95. The van der Waals surface area contributed by atoms with E-state index in [9.17, 15) is 0 Å². The van der Waals surface area contributed by atoms with Gasteiger partial charge in [0.2, 0.25) is 0 Å². The molecule has 4 aromatic rings. The molecule has 2 heteroatoms. The van der Waals surface area contributed by atoms with Gasteiger partial charge >= 0.3 is 0 Å². The van der Waals surface area contributed by atoms with Crippen molar-refractivity contribution in [2.75, 3.05) is 7.11 Å². The maximum Gasteiger partial charge on any atom is 0.118 e. The number of pyridine rings is 1. The maximum absolute atomic E-state index is 5.20. The van der Waals surface area contributed by atoms with Crippen molar-refractivity contribution in [3.63, 3.8) is 0 Å². The lowest BCUT2D eigenvalue weighted by Crippen LogP contribution is -1.88. The van der Waals surface area contributed by atoms with E-state index in [1.165, 1.54) is 16.2 Å². The predicted molar refractivity (Wildman–Crippen MR) is 101 cm³/mol. The van der Waals surface area contributed by atoms with E-state index in [-0.39, 0.29) is 0 Å². The summed E-state index contributed by atoms with van der Waals surface area (Å²) in [4.78, 5) is 4.84. The second-order valence-electron chi connectivity index (χ2n) is 5.67. The molecule has 116 valence electrons. The van der Waals surface area contributed by atoms with E-state index in [1.54, 1.807) is 7.11 Å². The van der Waals surface area contributed by atoms with Gasteiger partial charge in [-0.3, -0.25) is 0 Å². The minimum atomic E-state index is 0.862. The number of hydrogen-bond acceptors (Lipinski definition) is 2. The highest BCUT2D eigenvalue weighted by Gasteiger charge is 2.05. The molecule has 0 saturated carbocycles. The Bertz CT molecular complexity index is 1030. The Morgan fingerprint density at radius 1 is 0.708 bits per heavy atom. The maximum atomic E-state index is 5.20. The van der Waals surface area contributed by atoms with Crippen molar-refractivity contribution in [2.24, 2.45) is 0 Å². The number of methoxy groups -OCH3 is 1. The van der Waals surface area contributed by atoms with E-state index in [4.69, 9.17) is 9.72 Å². The highest BCUT2D eigenvalue weighted by molar-refractivity contribution is 6.08. The third kappa shape index (κ3) is 2.63. The van der Waals surface area contributed by atoms with Crippen LogP contribution in [0.3, 0.4) is 0 Å². The summed E-state index contributed by atoms with van der Waals surface area (Å²) in [6.07, 6.45) is 4.17. The third-order valence-electron chi connectivity index (χ3n) is 4.19.